The minimum absolute atomic E-state index is 0.333. The van der Waals surface area contributed by atoms with Crippen LogP contribution in [0.4, 0.5) is 0 Å². The quantitative estimate of drug-likeness (QED) is 0.617. The predicted octanol–water partition coefficient (Wildman–Crippen LogP) is -1.05. The first-order valence-corrected chi connectivity index (χ1v) is 5.95. The fraction of sp³-hybridized carbons (Fsp3) is 0.818. The molecule has 98 valence electrons. The van der Waals surface area contributed by atoms with Crippen LogP contribution >= 0.6 is 0 Å². The van der Waals surface area contributed by atoms with Gasteiger partial charge in [0.25, 0.3) is 0 Å². The summed E-state index contributed by atoms with van der Waals surface area (Å²) in [4.78, 5) is 24.9. The van der Waals surface area contributed by atoms with E-state index in [2.05, 4.69) is 5.32 Å². The maximum Gasteiger partial charge on any atom is 0.311 e. The van der Waals surface area contributed by atoms with Crippen molar-refractivity contribution in [3.63, 3.8) is 0 Å². The summed E-state index contributed by atoms with van der Waals surface area (Å²) in [5.74, 6) is -0.687. The van der Waals surface area contributed by atoms with Gasteiger partial charge in [0, 0.05) is 33.3 Å². The van der Waals surface area contributed by atoms with E-state index in [4.69, 9.17) is 10.5 Å². The van der Waals surface area contributed by atoms with Gasteiger partial charge in [0.15, 0.2) is 0 Å². The summed E-state index contributed by atoms with van der Waals surface area (Å²) in [6, 6.07) is 0. The Balaban J connectivity index is 2.42. The van der Waals surface area contributed by atoms with E-state index in [0.29, 0.717) is 38.7 Å². The fourth-order valence-corrected chi connectivity index (χ4v) is 2.03. The number of likely N-dealkylation sites (tertiary alicyclic amines) is 1. The molecule has 1 heterocycles. The molecule has 0 aromatic rings. The summed E-state index contributed by atoms with van der Waals surface area (Å²) >= 11 is 0. The number of nitrogens with two attached hydrogens (primary N) is 1. The Morgan fingerprint density at radius 3 is 2.94 bits per heavy atom. The van der Waals surface area contributed by atoms with Crippen LogP contribution in [-0.2, 0) is 14.3 Å². The van der Waals surface area contributed by atoms with Crippen molar-refractivity contribution in [2.75, 3.05) is 39.9 Å². The maximum atomic E-state index is 11.8. The van der Waals surface area contributed by atoms with Gasteiger partial charge in [0.05, 0.1) is 6.61 Å². The van der Waals surface area contributed by atoms with Gasteiger partial charge in [-0.25, -0.2) is 0 Å². The van der Waals surface area contributed by atoms with Crippen molar-refractivity contribution in [1.82, 2.24) is 10.2 Å². The van der Waals surface area contributed by atoms with Gasteiger partial charge in [-0.15, -0.1) is 0 Å². The van der Waals surface area contributed by atoms with Crippen LogP contribution in [-0.4, -0.2) is 56.6 Å². The zero-order valence-corrected chi connectivity index (χ0v) is 10.3. The predicted molar refractivity (Wildman–Crippen MR) is 63.2 cm³/mol. The van der Waals surface area contributed by atoms with Crippen molar-refractivity contribution in [2.45, 2.75) is 12.8 Å². The maximum absolute atomic E-state index is 11.8. The van der Waals surface area contributed by atoms with Crippen LogP contribution in [0.25, 0.3) is 0 Å². The highest BCUT2D eigenvalue weighted by Crippen LogP contribution is 2.16. The minimum Gasteiger partial charge on any atom is -0.384 e. The summed E-state index contributed by atoms with van der Waals surface area (Å²) in [6.45, 7) is 2.55. The summed E-state index contributed by atoms with van der Waals surface area (Å²) < 4.78 is 5.08. The first-order valence-electron chi connectivity index (χ1n) is 5.95. The molecule has 6 heteroatoms. The molecule has 1 unspecified atom stereocenters. The van der Waals surface area contributed by atoms with Gasteiger partial charge in [-0.2, -0.15) is 0 Å². The molecule has 1 saturated heterocycles. The van der Waals surface area contributed by atoms with Gasteiger partial charge in [-0.3, -0.25) is 9.59 Å². The number of carbonyl (C=O) groups is 2. The zero-order valence-electron chi connectivity index (χ0n) is 10.3. The van der Waals surface area contributed by atoms with E-state index < -0.39 is 11.8 Å². The van der Waals surface area contributed by atoms with Crippen LogP contribution in [0.15, 0.2) is 0 Å². The molecule has 2 amide bonds. The normalized spacial score (nSPS) is 20.1. The van der Waals surface area contributed by atoms with Crippen molar-refractivity contribution in [3.8, 4) is 0 Å². The molecule has 3 N–H and O–H groups in total. The second-order valence-corrected chi connectivity index (χ2v) is 4.26. The van der Waals surface area contributed by atoms with E-state index in [1.54, 1.807) is 12.0 Å². The highest BCUT2D eigenvalue weighted by atomic mass is 16.5. The number of amides is 2. The first-order chi connectivity index (χ1) is 8.19. The molecule has 0 spiro atoms. The molecule has 1 atom stereocenters. The number of hydrogen-bond donors (Lipinski definition) is 2. The molecule has 0 bridgehead atoms. The molecule has 1 aliphatic rings. The standard InChI is InChI=1S/C11H21N3O3/c1-17-8-9-3-2-6-14(7-9)11(16)10(15)13-5-4-12/h9H,2-8,12H2,1H3,(H,13,15). The number of nitrogens with one attached hydrogen (secondary N) is 1. The van der Waals surface area contributed by atoms with Gasteiger partial charge >= 0.3 is 11.8 Å². The van der Waals surface area contributed by atoms with E-state index >= 15 is 0 Å². The van der Waals surface area contributed by atoms with Crippen molar-refractivity contribution in [3.05, 3.63) is 0 Å². The Bertz CT molecular complexity index is 269. The minimum atomic E-state index is -0.562. The summed E-state index contributed by atoms with van der Waals surface area (Å²) in [7, 11) is 1.65. The molecular formula is C11H21N3O3. The molecule has 6 nitrogen and oxygen atoms in total. The van der Waals surface area contributed by atoms with Crippen LogP contribution in [0, 0.1) is 5.92 Å². The number of carbonyl (C=O) groups excluding carboxylic acids is 2. The second-order valence-electron chi connectivity index (χ2n) is 4.26. The summed E-state index contributed by atoms with van der Waals surface area (Å²) in [5.41, 5.74) is 5.26. The molecule has 1 fully saturated rings. The lowest BCUT2D eigenvalue weighted by atomic mass is 9.99. The van der Waals surface area contributed by atoms with E-state index in [1.807, 2.05) is 0 Å². The van der Waals surface area contributed by atoms with E-state index in [-0.39, 0.29) is 0 Å². The number of hydrogen-bond acceptors (Lipinski definition) is 4. The Labute approximate surface area is 101 Å². The molecule has 0 aromatic heterocycles. The van der Waals surface area contributed by atoms with Crippen LogP contribution in [0.2, 0.25) is 0 Å². The smallest absolute Gasteiger partial charge is 0.311 e. The lowest BCUT2D eigenvalue weighted by molar-refractivity contribution is -0.147. The lowest BCUT2D eigenvalue weighted by Crippen LogP contribution is -2.48. The number of ether oxygens (including phenoxy) is 1. The topological polar surface area (TPSA) is 84.7 Å². The molecule has 0 aromatic carbocycles. The highest BCUT2D eigenvalue weighted by molar-refractivity contribution is 6.35. The Morgan fingerprint density at radius 2 is 2.29 bits per heavy atom. The van der Waals surface area contributed by atoms with Crippen LogP contribution < -0.4 is 11.1 Å². The van der Waals surface area contributed by atoms with Crippen molar-refractivity contribution in [2.24, 2.45) is 11.7 Å². The Hall–Kier alpha value is -1.14. The van der Waals surface area contributed by atoms with Crippen molar-refractivity contribution < 1.29 is 14.3 Å². The van der Waals surface area contributed by atoms with Crippen LogP contribution in [0.3, 0.4) is 0 Å². The third-order valence-electron chi connectivity index (χ3n) is 2.83. The molecule has 0 aliphatic carbocycles. The van der Waals surface area contributed by atoms with Crippen molar-refractivity contribution >= 4 is 11.8 Å². The number of nitrogens with zero attached hydrogens (tertiary/aromatic N) is 1. The van der Waals surface area contributed by atoms with Gasteiger partial charge < -0.3 is 20.7 Å². The highest BCUT2D eigenvalue weighted by Gasteiger charge is 2.27. The van der Waals surface area contributed by atoms with Gasteiger partial charge in [0.1, 0.15) is 0 Å². The summed E-state index contributed by atoms with van der Waals surface area (Å²) in [5, 5.41) is 2.49. The lowest BCUT2D eigenvalue weighted by Gasteiger charge is -2.31. The fourth-order valence-electron chi connectivity index (χ4n) is 2.03. The molecule has 17 heavy (non-hydrogen) atoms. The first kappa shape index (κ1) is 13.9. The summed E-state index contributed by atoms with van der Waals surface area (Å²) in [6.07, 6.45) is 1.96. The average Bonchev–Trinajstić information content (AvgIpc) is 2.35. The number of rotatable bonds is 4. The van der Waals surface area contributed by atoms with Crippen LogP contribution in [0.1, 0.15) is 12.8 Å². The molecule has 0 saturated carbocycles. The van der Waals surface area contributed by atoms with E-state index in [1.165, 1.54) is 0 Å². The second kappa shape index (κ2) is 7.24. The Kier molecular flexibility index (Phi) is 5.93. The Morgan fingerprint density at radius 1 is 1.53 bits per heavy atom. The van der Waals surface area contributed by atoms with E-state index in [0.717, 1.165) is 12.8 Å². The molecule has 0 radical (unpaired) electrons. The van der Waals surface area contributed by atoms with Crippen molar-refractivity contribution in [1.29, 1.82) is 0 Å². The van der Waals surface area contributed by atoms with E-state index in [9.17, 15) is 9.59 Å². The SMILES string of the molecule is COCC1CCCN(C(=O)C(=O)NCCN)C1. The number of piperidine rings is 1. The third kappa shape index (κ3) is 4.32. The van der Waals surface area contributed by atoms with Gasteiger partial charge in [0.2, 0.25) is 0 Å². The molecule has 1 aliphatic heterocycles. The monoisotopic (exact) mass is 243 g/mol. The van der Waals surface area contributed by atoms with Gasteiger partial charge in [-0.05, 0) is 18.8 Å². The largest absolute Gasteiger partial charge is 0.384 e. The average molecular weight is 243 g/mol. The molecular weight excluding hydrogens is 222 g/mol. The zero-order chi connectivity index (χ0) is 12.7. The molecule has 1 rings (SSSR count). The number of methoxy groups -OCH3 is 1. The van der Waals surface area contributed by atoms with Crippen LogP contribution in [0.5, 0.6) is 0 Å². The van der Waals surface area contributed by atoms with Gasteiger partial charge in [-0.1, -0.05) is 0 Å². The third-order valence-corrected chi connectivity index (χ3v) is 2.83.